The van der Waals surface area contributed by atoms with Crippen LogP contribution < -0.4 is 4.90 Å². The van der Waals surface area contributed by atoms with Crippen molar-refractivity contribution < 1.29 is 22.7 Å². The van der Waals surface area contributed by atoms with Gasteiger partial charge in [0.15, 0.2) is 0 Å². The Balaban J connectivity index is 1.29. The summed E-state index contributed by atoms with van der Waals surface area (Å²) in [5, 5.41) is -0.223. The average molecular weight is 465 g/mol. The standard InChI is InChI=1S/C24H24ClF3N2O2/c25-21-13-19(16-6-7-16)17(12-20(21)24(26,27)28)14-29-10-8-23(9-11-29)15-30(22(31)32-23)18-4-2-1-3-5-18/h1-5,12-13,16H,6-11,14-15H2. The number of amides is 1. The fourth-order valence-corrected chi connectivity index (χ4v) is 5.09. The molecule has 5 rings (SSSR count). The van der Waals surface area contributed by atoms with Gasteiger partial charge < -0.3 is 4.74 Å². The molecule has 1 aliphatic carbocycles. The molecule has 2 saturated heterocycles. The SMILES string of the molecule is O=C1OC2(CCN(Cc3cc(C(F)(F)F)c(Cl)cc3C3CC3)CC2)CN1c1ccccc1. The minimum atomic E-state index is -4.47. The number of halogens is 4. The third-order valence-corrected chi connectivity index (χ3v) is 7.06. The zero-order chi connectivity index (χ0) is 22.5. The molecular formula is C24H24ClF3N2O2. The normalized spacial score (nSPS) is 21.2. The van der Waals surface area contributed by atoms with Crippen LogP contribution >= 0.6 is 11.6 Å². The van der Waals surface area contributed by atoms with E-state index >= 15 is 0 Å². The summed E-state index contributed by atoms with van der Waals surface area (Å²) in [5.41, 5.74) is 1.14. The lowest BCUT2D eigenvalue weighted by atomic mass is 9.90. The Bertz CT molecular complexity index is 1020. The summed E-state index contributed by atoms with van der Waals surface area (Å²) in [7, 11) is 0. The molecule has 0 aromatic heterocycles. The first-order valence-electron chi connectivity index (χ1n) is 10.9. The highest BCUT2D eigenvalue weighted by Gasteiger charge is 2.47. The molecule has 4 nitrogen and oxygen atoms in total. The van der Waals surface area contributed by atoms with E-state index in [-0.39, 0.29) is 11.1 Å². The van der Waals surface area contributed by atoms with E-state index in [4.69, 9.17) is 16.3 Å². The number of nitrogens with zero attached hydrogens (tertiary/aromatic N) is 2. The zero-order valence-electron chi connectivity index (χ0n) is 17.5. The maximum Gasteiger partial charge on any atom is 0.417 e. The Labute approximate surface area is 189 Å². The minimum Gasteiger partial charge on any atom is -0.441 e. The monoisotopic (exact) mass is 464 g/mol. The first kappa shape index (κ1) is 21.6. The quantitative estimate of drug-likeness (QED) is 0.538. The first-order valence-corrected chi connectivity index (χ1v) is 11.3. The van der Waals surface area contributed by atoms with Gasteiger partial charge in [-0.15, -0.1) is 0 Å². The Morgan fingerprint density at radius 1 is 1.09 bits per heavy atom. The van der Waals surface area contributed by atoms with Crippen LogP contribution in [0.2, 0.25) is 5.02 Å². The van der Waals surface area contributed by atoms with Crippen LogP contribution in [0.5, 0.6) is 0 Å². The second kappa shape index (κ2) is 7.96. The van der Waals surface area contributed by atoms with Gasteiger partial charge in [0.1, 0.15) is 5.60 Å². The van der Waals surface area contributed by atoms with E-state index in [0.717, 1.165) is 24.1 Å². The number of rotatable bonds is 4. The van der Waals surface area contributed by atoms with Crippen molar-refractivity contribution in [1.29, 1.82) is 0 Å². The molecule has 2 aliphatic heterocycles. The number of piperidine rings is 1. The lowest BCUT2D eigenvalue weighted by Crippen LogP contribution is -2.46. The van der Waals surface area contributed by atoms with Gasteiger partial charge in [-0.05, 0) is 54.2 Å². The van der Waals surface area contributed by atoms with E-state index < -0.39 is 17.3 Å². The van der Waals surface area contributed by atoms with Crippen molar-refractivity contribution in [3.05, 3.63) is 64.2 Å². The van der Waals surface area contributed by atoms with Gasteiger partial charge in [0, 0.05) is 38.2 Å². The lowest BCUT2D eigenvalue weighted by Gasteiger charge is -2.37. The van der Waals surface area contributed by atoms with Crippen LogP contribution in [0, 0.1) is 0 Å². The van der Waals surface area contributed by atoms with Crippen molar-refractivity contribution in [2.24, 2.45) is 0 Å². The molecule has 0 unspecified atom stereocenters. The number of anilines is 1. The second-order valence-corrected chi connectivity index (χ2v) is 9.46. The molecule has 1 saturated carbocycles. The molecule has 2 aromatic rings. The molecule has 32 heavy (non-hydrogen) atoms. The Hall–Kier alpha value is -2.25. The Kier molecular flexibility index (Phi) is 5.37. The van der Waals surface area contributed by atoms with Crippen molar-refractivity contribution in [2.75, 3.05) is 24.5 Å². The average Bonchev–Trinajstić information content (AvgIpc) is 3.55. The predicted molar refractivity (Wildman–Crippen MR) is 116 cm³/mol. The number of para-hydroxylation sites is 1. The van der Waals surface area contributed by atoms with Crippen molar-refractivity contribution >= 4 is 23.4 Å². The number of likely N-dealkylation sites (tertiary alicyclic amines) is 1. The third-order valence-electron chi connectivity index (χ3n) is 6.75. The highest BCUT2D eigenvalue weighted by molar-refractivity contribution is 6.31. The van der Waals surface area contributed by atoms with Gasteiger partial charge >= 0.3 is 12.3 Å². The molecule has 170 valence electrons. The molecule has 8 heteroatoms. The van der Waals surface area contributed by atoms with Gasteiger partial charge in [-0.25, -0.2) is 4.79 Å². The van der Waals surface area contributed by atoms with Crippen LogP contribution in [0.3, 0.4) is 0 Å². The highest BCUT2D eigenvalue weighted by Crippen LogP contribution is 2.46. The third kappa shape index (κ3) is 4.20. The van der Waals surface area contributed by atoms with Crippen LogP contribution in [0.25, 0.3) is 0 Å². The fraction of sp³-hybridized carbons (Fsp3) is 0.458. The molecule has 2 heterocycles. The summed E-state index contributed by atoms with van der Waals surface area (Å²) in [5.74, 6) is 0.302. The van der Waals surface area contributed by atoms with Gasteiger partial charge in [0.05, 0.1) is 17.1 Å². The zero-order valence-corrected chi connectivity index (χ0v) is 18.3. The number of hydrogen-bond donors (Lipinski definition) is 0. The fourth-order valence-electron chi connectivity index (χ4n) is 4.81. The molecular weight excluding hydrogens is 441 g/mol. The molecule has 1 amide bonds. The molecule has 1 spiro atoms. The number of ether oxygens (including phenoxy) is 1. The lowest BCUT2D eigenvalue weighted by molar-refractivity contribution is -0.137. The molecule has 2 aromatic carbocycles. The van der Waals surface area contributed by atoms with Crippen LogP contribution in [0.1, 0.15) is 48.3 Å². The Morgan fingerprint density at radius 2 is 1.78 bits per heavy atom. The highest BCUT2D eigenvalue weighted by atomic mass is 35.5. The summed E-state index contributed by atoms with van der Waals surface area (Å²) in [6.07, 6.45) is -1.53. The predicted octanol–water partition coefficient (Wildman–Crippen LogP) is 6.23. The van der Waals surface area contributed by atoms with Gasteiger partial charge in [0.2, 0.25) is 0 Å². The molecule has 0 bridgehead atoms. The van der Waals surface area contributed by atoms with E-state index in [1.165, 1.54) is 12.1 Å². The Morgan fingerprint density at radius 3 is 2.41 bits per heavy atom. The van der Waals surface area contributed by atoms with Gasteiger partial charge in [-0.3, -0.25) is 9.80 Å². The maximum absolute atomic E-state index is 13.4. The van der Waals surface area contributed by atoms with Gasteiger partial charge in [-0.2, -0.15) is 13.2 Å². The number of hydrogen-bond acceptors (Lipinski definition) is 3. The van der Waals surface area contributed by atoms with Crippen LogP contribution in [-0.2, 0) is 17.5 Å². The van der Waals surface area contributed by atoms with Crippen LogP contribution in [0.4, 0.5) is 23.7 Å². The van der Waals surface area contributed by atoms with E-state index in [1.54, 1.807) is 4.90 Å². The summed E-state index contributed by atoms with van der Waals surface area (Å²) in [6.45, 7) is 2.25. The van der Waals surface area contributed by atoms with Crippen molar-refractivity contribution in [3.63, 3.8) is 0 Å². The van der Waals surface area contributed by atoms with E-state index in [2.05, 4.69) is 4.90 Å². The largest absolute Gasteiger partial charge is 0.441 e. The summed E-state index contributed by atoms with van der Waals surface area (Å²) >= 11 is 5.97. The van der Waals surface area contributed by atoms with Crippen LogP contribution in [-0.4, -0.2) is 36.2 Å². The van der Waals surface area contributed by atoms with Gasteiger partial charge in [0.25, 0.3) is 0 Å². The number of carbonyl (C=O) groups excluding carboxylic acids is 1. The maximum atomic E-state index is 13.4. The molecule has 0 atom stereocenters. The smallest absolute Gasteiger partial charge is 0.417 e. The summed E-state index contributed by atoms with van der Waals surface area (Å²) in [4.78, 5) is 16.3. The number of carbonyl (C=O) groups is 1. The topological polar surface area (TPSA) is 32.8 Å². The minimum absolute atomic E-state index is 0.223. The first-order chi connectivity index (χ1) is 15.2. The van der Waals surface area contributed by atoms with E-state index in [1.807, 2.05) is 30.3 Å². The van der Waals surface area contributed by atoms with Crippen molar-refractivity contribution in [1.82, 2.24) is 4.90 Å². The van der Waals surface area contributed by atoms with E-state index in [9.17, 15) is 18.0 Å². The number of benzene rings is 2. The second-order valence-electron chi connectivity index (χ2n) is 9.05. The summed E-state index contributed by atoms with van der Waals surface area (Å²) in [6, 6.07) is 12.2. The van der Waals surface area contributed by atoms with Crippen molar-refractivity contribution in [3.8, 4) is 0 Å². The molecule has 0 N–H and O–H groups in total. The van der Waals surface area contributed by atoms with E-state index in [0.29, 0.717) is 50.5 Å². The van der Waals surface area contributed by atoms with Crippen molar-refractivity contribution in [2.45, 2.75) is 49.9 Å². The molecule has 0 radical (unpaired) electrons. The van der Waals surface area contributed by atoms with Gasteiger partial charge in [-0.1, -0.05) is 29.8 Å². The molecule has 3 aliphatic rings. The van der Waals surface area contributed by atoms with Crippen LogP contribution in [0.15, 0.2) is 42.5 Å². The summed E-state index contributed by atoms with van der Waals surface area (Å²) < 4.78 is 46.1. The molecule has 3 fully saturated rings. The number of alkyl halides is 3.